The molecule has 1 rings (SSSR count). The molecular formula is C10H19N3OS. The van der Waals surface area contributed by atoms with Crippen molar-refractivity contribution in [3.8, 4) is 0 Å². The maximum Gasteiger partial charge on any atom is 0.134 e. The van der Waals surface area contributed by atoms with Crippen molar-refractivity contribution in [1.82, 2.24) is 15.5 Å². The van der Waals surface area contributed by atoms with Gasteiger partial charge in [0.25, 0.3) is 0 Å². The molecule has 0 radical (unpaired) electrons. The Labute approximate surface area is 95.1 Å². The lowest BCUT2D eigenvalue weighted by atomic mass is 10.3. The molecule has 1 N–H and O–H groups in total. The van der Waals surface area contributed by atoms with Crippen molar-refractivity contribution in [3.63, 3.8) is 0 Å². The molecule has 1 aromatic rings. The van der Waals surface area contributed by atoms with Crippen LogP contribution < -0.4 is 5.32 Å². The highest BCUT2D eigenvalue weighted by molar-refractivity contribution is 7.11. The van der Waals surface area contributed by atoms with Crippen LogP contribution in [0, 0.1) is 0 Å². The van der Waals surface area contributed by atoms with Crippen molar-refractivity contribution >= 4 is 11.3 Å². The highest BCUT2D eigenvalue weighted by Crippen LogP contribution is 2.18. The van der Waals surface area contributed by atoms with E-state index in [1.165, 1.54) is 0 Å². The summed E-state index contributed by atoms with van der Waals surface area (Å²) >= 11 is 1.68. The average Bonchev–Trinajstić information content (AvgIpc) is 2.72. The van der Waals surface area contributed by atoms with Gasteiger partial charge in [-0.05, 0) is 27.3 Å². The Morgan fingerprint density at radius 3 is 2.93 bits per heavy atom. The lowest BCUT2D eigenvalue weighted by Crippen LogP contribution is -2.11. The number of rotatable bonds is 7. The van der Waals surface area contributed by atoms with Gasteiger partial charge < -0.3 is 10.1 Å². The third-order valence-electron chi connectivity index (χ3n) is 2.17. The molecular weight excluding hydrogens is 210 g/mol. The Morgan fingerprint density at radius 2 is 2.27 bits per heavy atom. The molecule has 0 spiro atoms. The largest absolute Gasteiger partial charge is 0.382 e. The van der Waals surface area contributed by atoms with Gasteiger partial charge in [0.15, 0.2) is 0 Å². The summed E-state index contributed by atoms with van der Waals surface area (Å²) in [7, 11) is 1.93. The Balaban J connectivity index is 2.33. The Hall–Kier alpha value is -0.520. The van der Waals surface area contributed by atoms with Gasteiger partial charge in [0, 0.05) is 19.6 Å². The molecule has 0 saturated carbocycles. The predicted molar refractivity (Wildman–Crippen MR) is 62.2 cm³/mol. The minimum atomic E-state index is 0.295. The van der Waals surface area contributed by atoms with Gasteiger partial charge in [0.1, 0.15) is 10.0 Å². The highest BCUT2D eigenvalue weighted by atomic mass is 32.1. The smallest absolute Gasteiger partial charge is 0.134 e. The van der Waals surface area contributed by atoms with E-state index < -0.39 is 0 Å². The summed E-state index contributed by atoms with van der Waals surface area (Å²) in [5.41, 5.74) is 0. The second kappa shape index (κ2) is 6.87. The topological polar surface area (TPSA) is 47.0 Å². The summed E-state index contributed by atoms with van der Waals surface area (Å²) < 4.78 is 5.27. The van der Waals surface area contributed by atoms with Gasteiger partial charge in [0.2, 0.25) is 0 Å². The molecule has 1 unspecified atom stereocenters. The van der Waals surface area contributed by atoms with Gasteiger partial charge in [-0.25, -0.2) is 0 Å². The molecule has 86 valence electrons. The molecule has 0 amide bonds. The zero-order chi connectivity index (χ0) is 11.1. The van der Waals surface area contributed by atoms with Gasteiger partial charge in [-0.2, -0.15) is 0 Å². The van der Waals surface area contributed by atoms with E-state index in [0.29, 0.717) is 6.04 Å². The number of nitrogens with one attached hydrogen (secondary N) is 1. The molecule has 0 fully saturated rings. The Bertz CT molecular complexity index is 277. The first-order valence-electron chi connectivity index (χ1n) is 5.35. The molecule has 0 bridgehead atoms. The van der Waals surface area contributed by atoms with Crippen LogP contribution in [0.5, 0.6) is 0 Å². The molecule has 0 aliphatic carbocycles. The van der Waals surface area contributed by atoms with Gasteiger partial charge in [-0.3, -0.25) is 0 Å². The number of hydrogen-bond donors (Lipinski definition) is 1. The second-order valence-electron chi connectivity index (χ2n) is 3.34. The van der Waals surface area contributed by atoms with Crippen LogP contribution >= 0.6 is 11.3 Å². The van der Waals surface area contributed by atoms with Crippen molar-refractivity contribution in [1.29, 1.82) is 0 Å². The van der Waals surface area contributed by atoms with Crippen molar-refractivity contribution in [2.24, 2.45) is 0 Å². The Morgan fingerprint density at radius 1 is 1.47 bits per heavy atom. The summed E-state index contributed by atoms with van der Waals surface area (Å²) in [5.74, 6) is 0. The molecule has 1 aromatic heterocycles. The minimum Gasteiger partial charge on any atom is -0.382 e. The van der Waals surface area contributed by atoms with E-state index in [1.807, 2.05) is 14.0 Å². The number of ether oxygens (including phenoxy) is 1. The fraction of sp³-hybridized carbons (Fsp3) is 0.800. The molecule has 5 heteroatoms. The predicted octanol–water partition coefficient (Wildman–Crippen LogP) is 1.79. The first-order chi connectivity index (χ1) is 7.27. The Kier molecular flexibility index (Phi) is 5.75. The first-order valence-corrected chi connectivity index (χ1v) is 6.16. The van der Waals surface area contributed by atoms with Crippen LogP contribution in [0.2, 0.25) is 0 Å². The van der Waals surface area contributed by atoms with E-state index in [0.717, 1.165) is 36.1 Å². The molecule has 1 heterocycles. The van der Waals surface area contributed by atoms with E-state index in [2.05, 4.69) is 22.4 Å². The molecule has 0 aliphatic heterocycles. The van der Waals surface area contributed by atoms with Crippen molar-refractivity contribution in [2.75, 3.05) is 20.3 Å². The fourth-order valence-electron chi connectivity index (χ4n) is 1.14. The van der Waals surface area contributed by atoms with Gasteiger partial charge in [-0.1, -0.05) is 11.3 Å². The van der Waals surface area contributed by atoms with Gasteiger partial charge in [0.05, 0.1) is 6.04 Å². The van der Waals surface area contributed by atoms with E-state index in [-0.39, 0.29) is 0 Å². The number of aromatic nitrogens is 2. The second-order valence-corrected chi connectivity index (χ2v) is 4.44. The third-order valence-corrected chi connectivity index (χ3v) is 3.34. The van der Waals surface area contributed by atoms with Gasteiger partial charge in [-0.15, -0.1) is 10.2 Å². The van der Waals surface area contributed by atoms with Crippen LogP contribution in [0.3, 0.4) is 0 Å². The molecule has 1 atom stereocenters. The first kappa shape index (κ1) is 12.5. The molecule has 4 nitrogen and oxygen atoms in total. The van der Waals surface area contributed by atoms with Crippen molar-refractivity contribution in [3.05, 3.63) is 10.0 Å². The minimum absolute atomic E-state index is 0.295. The van der Waals surface area contributed by atoms with Crippen LogP contribution in [0.4, 0.5) is 0 Å². The third kappa shape index (κ3) is 4.24. The average molecular weight is 229 g/mol. The van der Waals surface area contributed by atoms with Crippen LogP contribution in [-0.2, 0) is 11.2 Å². The maximum absolute atomic E-state index is 5.27. The van der Waals surface area contributed by atoms with E-state index in [1.54, 1.807) is 11.3 Å². The molecule has 0 saturated heterocycles. The van der Waals surface area contributed by atoms with Crippen molar-refractivity contribution in [2.45, 2.75) is 32.7 Å². The van der Waals surface area contributed by atoms with Gasteiger partial charge >= 0.3 is 0 Å². The SMILES string of the molecule is CCOCCCc1nnc(C(C)NC)s1. The standard InChI is InChI=1S/C10H19N3OS/c1-4-14-7-5-6-9-12-13-10(15-9)8(2)11-3/h8,11H,4-7H2,1-3H3. The molecule has 0 aliphatic rings. The fourth-order valence-corrected chi connectivity index (χ4v) is 2.08. The van der Waals surface area contributed by atoms with Crippen molar-refractivity contribution < 1.29 is 4.74 Å². The lowest BCUT2D eigenvalue weighted by molar-refractivity contribution is 0.145. The summed E-state index contributed by atoms with van der Waals surface area (Å²) in [6.07, 6.45) is 1.99. The number of nitrogens with zero attached hydrogens (tertiary/aromatic N) is 2. The number of aryl methyl sites for hydroxylation is 1. The van der Waals surface area contributed by atoms with Crippen LogP contribution in [0.25, 0.3) is 0 Å². The summed E-state index contributed by atoms with van der Waals surface area (Å²) in [5, 5.41) is 13.6. The zero-order valence-corrected chi connectivity index (χ0v) is 10.4. The quantitative estimate of drug-likeness (QED) is 0.724. The molecule has 0 aromatic carbocycles. The monoisotopic (exact) mass is 229 g/mol. The van der Waals surface area contributed by atoms with E-state index in [9.17, 15) is 0 Å². The summed E-state index contributed by atoms with van der Waals surface area (Å²) in [4.78, 5) is 0. The highest BCUT2D eigenvalue weighted by Gasteiger charge is 2.09. The molecule has 15 heavy (non-hydrogen) atoms. The maximum atomic E-state index is 5.27. The summed E-state index contributed by atoms with van der Waals surface area (Å²) in [6.45, 7) is 5.70. The summed E-state index contributed by atoms with van der Waals surface area (Å²) in [6, 6.07) is 0.295. The number of hydrogen-bond acceptors (Lipinski definition) is 5. The van der Waals surface area contributed by atoms with E-state index in [4.69, 9.17) is 4.74 Å². The van der Waals surface area contributed by atoms with E-state index >= 15 is 0 Å². The van der Waals surface area contributed by atoms with Crippen LogP contribution in [-0.4, -0.2) is 30.5 Å². The van der Waals surface area contributed by atoms with Crippen LogP contribution in [0.15, 0.2) is 0 Å². The zero-order valence-electron chi connectivity index (χ0n) is 9.62. The van der Waals surface area contributed by atoms with Crippen LogP contribution in [0.1, 0.15) is 36.3 Å². The lowest BCUT2D eigenvalue weighted by Gasteiger charge is -2.02. The normalized spacial score (nSPS) is 13.0.